The predicted molar refractivity (Wildman–Crippen MR) is 80.3 cm³/mol. The fourth-order valence-corrected chi connectivity index (χ4v) is 2.33. The first kappa shape index (κ1) is 17.2. The number of aliphatic carboxylic acids is 1. The molecule has 0 unspecified atom stereocenters. The Kier molecular flexibility index (Phi) is 5.93. The van der Waals surface area contributed by atoms with Crippen molar-refractivity contribution in [3.63, 3.8) is 0 Å². The highest BCUT2D eigenvalue weighted by atomic mass is 16.4. The van der Waals surface area contributed by atoms with Crippen molar-refractivity contribution in [2.75, 3.05) is 0 Å². The lowest BCUT2D eigenvalue weighted by atomic mass is 10.0. The van der Waals surface area contributed by atoms with Crippen LogP contribution < -0.4 is 5.32 Å². The van der Waals surface area contributed by atoms with E-state index in [9.17, 15) is 14.7 Å². The van der Waals surface area contributed by atoms with E-state index in [2.05, 4.69) is 10.4 Å². The smallest absolute Gasteiger partial charge is 0.326 e. The van der Waals surface area contributed by atoms with Gasteiger partial charge in [0.2, 0.25) is 0 Å². The summed E-state index contributed by atoms with van der Waals surface area (Å²) < 4.78 is 1.71. The average Bonchev–Trinajstić information content (AvgIpc) is 2.78. The topological polar surface area (TPSA) is 84.2 Å². The maximum absolute atomic E-state index is 12.4. The van der Waals surface area contributed by atoms with Gasteiger partial charge in [0.05, 0.1) is 11.7 Å². The van der Waals surface area contributed by atoms with E-state index in [1.807, 2.05) is 20.8 Å². The van der Waals surface area contributed by atoms with Crippen molar-refractivity contribution in [3.8, 4) is 0 Å². The standard InChI is InChI=1S/C15H25N3O3/c1-6-11(7-2)18-12(8-10(5)17-18)14(19)16-13(9(3)4)15(20)21/h8-9,11,13H,6-7H2,1-5H3,(H,16,19)(H,20,21)/t13-/m0/s1. The number of carbonyl (C=O) groups is 2. The highest BCUT2D eigenvalue weighted by Crippen LogP contribution is 2.18. The summed E-state index contributed by atoms with van der Waals surface area (Å²) in [7, 11) is 0. The third-order valence-electron chi connectivity index (χ3n) is 3.60. The molecule has 118 valence electrons. The number of carboxylic acid groups (broad SMARTS) is 1. The highest BCUT2D eigenvalue weighted by Gasteiger charge is 2.26. The van der Waals surface area contributed by atoms with Crippen LogP contribution in [-0.2, 0) is 4.79 Å². The van der Waals surface area contributed by atoms with Gasteiger partial charge in [-0.1, -0.05) is 27.7 Å². The van der Waals surface area contributed by atoms with Crippen molar-refractivity contribution in [2.24, 2.45) is 5.92 Å². The average molecular weight is 295 g/mol. The summed E-state index contributed by atoms with van der Waals surface area (Å²) in [6.45, 7) is 9.44. The summed E-state index contributed by atoms with van der Waals surface area (Å²) in [5.41, 5.74) is 1.18. The van der Waals surface area contributed by atoms with E-state index >= 15 is 0 Å². The van der Waals surface area contributed by atoms with Gasteiger partial charge in [-0.15, -0.1) is 0 Å². The zero-order chi connectivity index (χ0) is 16.2. The van der Waals surface area contributed by atoms with Gasteiger partial charge in [-0.2, -0.15) is 5.10 Å². The van der Waals surface area contributed by atoms with E-state index in [-0.39, 0.29) is 17.9 Å². The summed E-state index contributed by atoms with van der Waals surface area (Å²) in [6.07, 6.45) is 1.73. The van der Waals surface area contributed by atoms with Gasteiger partial charge in [-0.3, -0.25) is 9.48 Å². The van der Waals surface area contributed by atoms with E-state index in [4.69, 9.17) is 0 Å². The Labute approximate surface area is 125 Å². The molecule has 0 saturated heterocycles. The Morgan fingerprint density at radius 3 is 2.33 bits per heavy atom. The van der Waals surface area contributed by atoms with Gasteiger partial charge in [0.1, 0.15) is 11.7 Å². The molecule has 0 spiro atoms. The number of nitrogens with zero attached hydrogens (tertiary/aromatic N) is 2. The minimum absolute atomic E-state index is 0.141. The monoisotopic (exact) mass is 295 g/mol. The molecule has 1 aromatic heterocycles. The van der Waals surface area contributed by atoms with Crippen LogP contribution in [0.2, 0.25) is 0 Å². The van der Waals surface area contributed by atoms with Crippen molar-refractivity contribution >= 4 is 11.9 Å². The number of carbonyl (C=O) groups excluding carboxylic acids is 1. The summed E-state index contributed by atoms with van der Waals surface area (Å²) in [5, 5.41) is 16.1. The van der Waals surface area contributed by atoms with Crippen LogP contribution in [0.15, 0.2) is 6.07 Å². The van der Waals surface area contributed by atoms with Gasteiger partial charge in [0, 0.05) is 0 Å². The van der Waals surface area contributed by atoms with Crippen LogP contribution in [0, 0.1) is 12.8 Å². The molecule has 0 bridgehead atoms. The van der Waals surface area contributed by atoms with E-state index in [0.29, 0.717) is 5.69 Å². The van der Waals surface area contributed by atoms with Gasteiger partial charge >= 0.3 is 5.97 Å². The van der Waals surface area contributed by atoms with E-state index in [1.54, 1.807) is 24.6 Å². The molecule has 1 atom stereocenters. The Morgan fingerprint density at radius 2 is 1.90 bits per heavy atom. The molecule has 6 heteroatoms. The predicted octanol–water partition coefficient (Wildman–Crippen LogP) is 2.39. The van der Waals surface area contributed by atoms with Crippen molar-refractivity contribution in [1.29, 1.82) is 0 Å². The maximum atomic E-state index is 12.4. The van der Waals surface area contributed by atoms with Crippen LogP contribution >= 0.6 is 0 Å². The first-order chi connectivity index (χ1) is 9.81. The molecular weight excluding hydrogens is 270 g/mol. The number of hydrogen-bond acceptors (Lipinski definition) is 3. The van der Waals surface area contributed by atoms with Gasteiger partial charge in [-0.05, 0) is 31.7 Å². The zero-order valence-electron chi connectivity index (χ0n) is 13.4. The number of nitrogens with one attached hydrogen (secondary N) is 1. The molecule has 0 saturated carbocycles. The number of hydrogen-bond donors (Lipinski definition) is 2. The maximum Gasteiger partial charge on any atom is 0.326 e. The SMILES string of the molecule is CCC(CC)n1nc(C)cc1C(=O)N[C@H](C(=O)O)C(C)C. The minimum Gasteiger partial charge on any atom is -0.480 e. The normalized spacial score (nSPS) is 12.7. The molecule has 0 fully saturated rings. The molecule has 0 radical (unpaired) electrons. The lowest BCUT2D eigenvalue weighted by Crippen LogP contribution is -2.45. The van der Waals surface area contributed by atoms with Crippen LogP contribution in [0.1, 0.15) is 62.8 Å². The van der Waals surface area contributed by atoms with Crippen molar-refractivity contribution in [1.82, 2.24) is 15.1 Å². The van der Waals surface area contributed by atoms with Crippen molar-refractivity contribution < 1.29 is 14.7 Å². The van der Waals surface area contributed by atoms with Gasteiger partial charge in [0.15, 0.2) is 0 Å². The molecule has 1 aromatic rings. The van der Waals surface area contributed by atoms with Gasteiger partial charge in [-0.25, -0.2) is 4.79 Å². The highest BCUT2D eigenvalue weighted by molar-refractivity contribution is 5.95. The number of aryl methyl sites for hydroxylation is 1. The number of carboxylic acids is 1. The molecule has 1 rings (SSSR count). The Balaban J connectivity index is 3.04. The minimum atomic E-state index is -1.02. The number of rotatable bonds is 7. The summed E-state index contributed by atoms with van der Waals surface area (Å²) in [6, 6.07) is 0.942. The quantitative estimate of drug-likeness (QED) is 0.809. The summed E-state index contributed by atoms with van der Waals surface area (Å²) in [5.74, 6) is -1.59. The molecule has 0 aliphatic rings. The Bertz CT molecular complexity index is 504. The van der Waals surface area contributed by atoms with Crippen molar-refractivity contribution in [2.45, 2.75) is 59.5 Å². The molecule has 1 amide bonds. The van der Waals surface area contributed by atoms with E-state index in [1.165, 1.54) is 0 Å². The van der Waals surface area contributed by atoms with Crippen LogP contribution in [0.3, 0.4) is 0 Å². The van der Waals surface area contributed by atoms with Crippen LogP contribution in [-0.4, -0.2) is 32.8 Å². The molecule has 6 nitrogen and oxygen atoms in total. The fourth-order valence-electron chi connectivity index (χ4n) is 2.33. The number of amides is 1. The van der Waals surface area contributed by atoms with Crippen molar-refractivity contribution in [3.05, 3.63) is 17.5 Å². The first-order valence-corrected chi connectivity index (χ1v) is 7.41. The Hall–Kier alpha value is -1.85. The van der Waals surface area contributed by atoms with Crippen LogP contribution in [0.5, 0.6) is 0 Å². The largest absolute Gasteiger partial charge is 0.480 e. The Morgan fingerprint density at radius 1 is 1.33 bits per heavy atom. The first-order valence-electron chi connectivity index (χ1n) is 7.41. The van der Waals surface area contributed by atoms with Crippen LogP contribution in [0.25, 0.3) is 0 Å². The van der Waals surface area contributed by atoms with Crippen LogP contribution in [0.4, 0.5) is 0 Å². The number of aromatic nitrogens is 2. The second-order valence-corrected chi connectivity index (χ2v) is 5.62. The molecule has 0 aliphatic carbocycles. The molecule has 2 N–H and O–H groups in total. The molecule has 0 aromatic carbocycles. The molecule has 21 heavy (non-hydrogen) atoms. The third kappa shape index (κ3) is 4.06. The summed E-state index contributed by atoms with van der Waals surface area (Å²) in [4.78, 5) is 23.6. The zero-order valence-corrected chi connectivity index (χ0v) is 13.4. The summed E-state index contributed by atoms with van der Waals surface area (Å²) >= 11 is 0. The fraction of sp³-hybridized carbons (Fsp3) is 0.667. The third-order valence-corrected chi connectivity index (χ3v) is 3.60. The molecule has 1 heterocycles. The lowest BCUT2D eigenvalue weighted by molar-refractivity contribution is -0.140. The second-order valence-electron chi connectivity index (χ2n) is 5.62. The van der Waals surface area contributed by atoms with Gasteiger partial charge < -0.3 is 10.4 Å². The lowest BCUT2D eigenvalue weighted by Gasteiger charge is -2.20. The van der Waals surface area contributed by atoms with E-state index < -0.39 is 12.0 Å². The van der Waals surface area contributed by atoms with E-state index in [0.717, 1.165) is 18.5 Å². The molecular formula is C15H25N3O3. The molecule has 0 aliphatic heterocycles. The second kappa shape index (κ2) is 7.24. The van der Waals surface area contributed by atoms with Gasteiger partial charge in [0.25, 0.3) is 5.91 Å².